The fraction of sp³-hybridized carbons (Fsp3) is 0.200. The fourth-order valence-electron chi connectivity index (χ4n) is 2.72. The van der Waals surface area contributed by atoms with Crippen LogP contribution < -0.4 is 10.3 Å². The van der Waals surface area contributed by atoms with Gasteiger partial charge >= 0.3 is 0 Å². The lowest BCUT2D eigenvalue weighted by Crippen LogP contribution is -2.21. The van der Waals surface area contributed by atoms with E-state index < -0.39 is 11.6 Å². The Morgan fingerprint density at radius 2 is 1.89 bits per heavy atom. The highest BCUT2D eigenvalue weighted by Gasteiger charge is 2.12. The molecule has 0 aliphatic heterocycles. The third kappa shape index (κ3) is 3.95. The molecule has 144 valence electrons. The maximum Gasteiger partial charge on any atom is 0.259 e. The van der Waals surface area contributed by atoms with E-state index in [1.54, 1.807) is 32.2 Å². The highest BCUT2D eigenvalue weighted by atomic mass is 19.1. The minimum atomic E-state index is -0.813. The van der Waals surface area contributed by atoms with Gasteiger partial charge < -0.3 is 10.1 Å². The van der Waals surface area contributed by atoms with Crippen LogP contribution in [0.25, 0.3) is 5.69 Å². The number of hydrogen-bond donors (Lipinski definition) is 1. The van der Waals surface area contributed by atoms with Crippen molar-refractivity contribution < 1.29 is 13.5 Å². The lowest BCUT2D eigenvalue weighted by atomic mass is 10.1. The van der Waals surface area contributed by atoms with Crippen molar-refractivity contribution in [1.82, 2.24) is 14.5 Å². The van der Waals surface area contributed by atoms with Gasteiger partial charge in [0.25, 0.3) is 5.56 Å². The summed E-state index contributed by atoms with van der Waals surface area (Å²) in [5, 5.41) is 7.74. The molecule has 0 fully saturated rings. The molecule has 0 saturated carbocycles. The fourth-order valence-corrected chi connectivity index (χ4v) is 2.72. The van der Waals surface area contributed by atoms with Crippen molar-refractivity contribution >= 4 is 5.71 Å². The lowest BCUT2D eigenvalue weighted by molar-refractivity contribution is 0.292. The minimum Gasteiger partial charge on any atom is -0.487 e. The predicted octanol–water partition coefficient (Wildman–Crippen LogP) is 3.49. The molecular weight excluding hydrogens is 366 g/mol. The molecule has 0 saturated heterocycles. The standard InChI is InChI=1S/C20H18F2N4O2/c1-11-8-24-17(13(3)23)7-19(11)26-12(2)4-15(6-20(26)27)28-10-18-16(22)5-14(21)9-25-18/h4-9,23H,10H2,1-3H3. The van der Waals surface area contributed by atoms with Gasteiger partial charge in [-0.05, 0) is 32.4 Å². The summed E-state index contributed by atoms with van der Waals surface area (Å²) in [6, 6.07) is 5.33. The molecule has 0 aromatic carbocycles. The first kappa shape index (κ1) is 19.3. The van der Waals surface area contributed by atoms with Crippen LogP contribution in [0.1, 0.15) is 29.6 Å². The predicted molar refractivity (Wildman–Crippen MR) is 100 cm³/mol. The number of halogens is 2. The normalized spacial score (nSPS) is 10.8. The average Bonchev–Trinajstić information content (AvgIpc) is 2.61. The van der Waals surface area contributed by atoms with E-state index >= 15 is 0 Å². The summed E-state index contributed by atoms with van der Waals surface area (Å²) in [7, 11) is 0. The maximum atomic E-state index is 13.7. The molecule has 0 radical (unpaired) electrons. The smallest absolute Gasteiger partial charge is 0.259 e. The highest BCUT2D eigenvalue weighted by Crippen LogP contribution is 2.19. The Labute approximate surface area is 160 Å². The highest BCUT2D eigenvalue weighted by molar-refractivity contribution is 5.94. The zero-order valence-electron chi connectivity index (χ0n) is 15.6. The summed E-state index contributed by atoms with van der Waals surface area (Å²) in [6.07, 6.45) is 2.52. The SMILES string of the molecule is CC(=N)c1cc(-n2c(C)cc(OCc3ncc(F)cc3F)cc2=O)c(C)cn1. The van der Waals surface area contributed by atoms with Gasteiger partial charge in [-0.15, -0.1) is 0 Å². The summed E-state index contributed by atoms with van der Waals surface area (Å²) in [4.78, 5) is 20.5. The molecule has 0 spiro atoms. The van der Waals surface area contributed by atoms with Crippen LogP contribution in [0.5, 0.6) is 5.75 Å². The molecule has 3 heterocycles. The summed E-state index contributed by atoms with van der Waals surface area (Å²) < 4.78 is 33.6. The molecule has 0 amide bonds. The van der Waals surface area contributed by atoms with E-state index in [0.29, 0.717) is 22.8 Å². The van der Waals surface area contributed by atoms with Crippen molar-refractivity contribution in [2.45, 2.75) is 27.4 Å². The Balaban J connectivity index is 1.92. The molecule has 0 unspecified atom stereocenters. The van der Waals surface area contributed by atoms with Crippen LogP contribution in [0.2, 0.25) is 0 Å². The van der Waals surface area contributed by atoms with Gasteiger partial charge in [0, 0.05) is 30.1 Å². The van der Waals surface area contributed by atoms with Crippen molar-refractivity contribution in [2.24, 2.45) is 0 Å². The first-order chi connectivity index (χ1) is 13.3. The number of ether oxygens (including phenoxy) is 1. The Morgan fingerprint density at radius 3 is 2.54 bits per heavy atom. The molecule has 0 bridgehead atoms. The molecule has 0 aliphatic carbocycles. The second-order valence-corrected chi connectivity index (χ2v) is 6.36. The number of nitrogens with one attached hydrogen (secondary N) is 1. The topological polar surface area (TPSA) is 80.9 Å². The van der Waals surface area contributed by atoms with Crippen molar-refractivity contribution in [1.29, 1.82) is 5.41 Å². The van der Waals surface area contributed by atoms with E-state index in [9.17, 15) is 13.6 Å². The van der Waals surface area contributed by atoms with Gasteiger partial charge in [-0.1, -0.05) is 0 Å². The van der Waals surface area contributed by atoms with Gasteiger partial charge in [-0.25, -0.2) is 8.78 Å². The van der Waals surface area contributed by atoms with Gasteiger partial charge in [0.05, 0.1) is 23.3 Å². The molecule has 3 rings (SSSR count). The second kappa shape index (κ2) is 7.67. The number of nitrogens with zero attached hydrogens (tertiary/aromatic N) is 3. The molecule has 8 heteroatoms. The summed E-state index contributed by atoms with van der Waals surface area (Å²) in [5.74, 6) is -1.33. The molecule has 3 aromatic heterocycles. The molecule has 0 atom stereocenters. The van der Waals surface area contributed by atoms with E-state index in [1.807, 2.05) is 6.92 Å². The molecule has 6 nitrogen and oxygen atoms in total. The van der Waals surface area contributed by atoms with Crippen molar-refractivity contribution in [3.8, 4) is 11.4 Å². The first-order valence-electron chi connectivity index (χ1n) is 8.45. The third-order valence-corrected chi connectivity index (χ3v) is 4.15. The Kier molecular flexibility index (Phi) is 5.30. The molecule has 28 heavy (non-hydrogen) atoms. The minimum absolute atomic E-state index is 0.0562. The maximum absolute atomic E-state index is 13.7. The van der Waals surface area contributed by atoms with Gasteiger partial charge in [0.2, 0.25) is 0 Å². The number of aromatic nitrogens is 3. The largest absolute Gasteiger partial charge is 0.487 e. The summed E-state index contributed by atoms with van der Waals surface area (Å²) in [5.41, 5.74) is 2.37. The molecule has 0 aliphatic rings. The van der Waals surface area contributed by atoms with Gasteiger partial charge in [-0.3, -0.25) is 19.3 Å². The third-order valence-electron chi connectivity index (χ3n) is 4.15. The van der Waals surface area contributed by atoms with Crippen LogP contribution in [-0.4, -0.2) is 20.2 Å². The number of hydrogen-bond acceptors (Lipinski definition) is 5. The molecular formula is C20H18F2N4O2. The second-order valence-electron chi connectivity index (χ2n) is 6.36. The van der Waals surface area contributed by atoms with Crippen LogP contribution in [0.4, 0.5) is 8.78 Å². The number of aryl methyl sites for hydroxylation is 2. The lowest BCUT2D eigenvalue weighted by Gasteiger charge is -2.15. The van der Waals surface area contributed by atoms with Crippen LogP contribution in [0.15, 0.2) is 41.5 Å². The zero-order chi connectivity index (χ0) is 20.4. The van der Waals surface area contributed by atoms with Crippen molar-refractivity contribution in [3.05, 3.63) is 81.3 Å². The first-order valence-corrected chi connectivity index (χ1v) is 8.45. The monoisotopic (exact) mass is 384 g/mol. The summed E-state index contributed by atoms with van der Waals surface area (Å²) >= 11 is 0. The van der Waals surface area contributed by atoms with Gasteiger partial charge in [0.15, 0.2) is 5.82 Å². The Morgan fingerprint density at radius 1 is 1.14 bits per heavy atom. The van der Waals surface area contributed by atoms with Crippen LogP contribution in [0, 0.1) is 30.9 Å². The summed E-state index contributed by atoms with van der Waals surface area (Å²) in [6.45, 7) is 4.95. The van der Waals surface area contributed by atoms with Gasteiger partial charge in [0.1, 0.15) is 23.9 Å². The molecule has 3 aromatic rings. The van der Waals surface area contributed by atoms with Crippen LogP contribution >= 0.6 is 0 Å². The Bertz CT molecular complexity index is 1130. The molecule has 1 N–H and O–H groups in total. The van der Waals surface area contributed by atoms with Crippen LogP contribution in [0.3, 0.4) is 0 Å². The van der Waals surface area contributed by atoms with Crippen molar-refractivity contribution in [2.75, 3.05) is 0 Å². The van der Waals surface area contributed by atoms with E-state index in [0.717, 1.165) is 17.8 Å². The number of pyridine rings is 3. The van der Waals surface area contributed by atoms with E-state index in [-0.39, 0.29) is 23.6 Å². The van der Waals surface area contributed by atoms with Gasteiger partial charge in [-0.2, -0.15) is 0 Å². The Hall–Kier alpha value is -3.42. The average molecular weight is 384 g/mol. The van der Waals surface area contributed by atoms with Crippen LogP contribution in [-0.2, 0) is 6.61 Å². The van der Waals surface area contributed by atoms with E-state index in [4.69, 9.17) is 10.1 Å². The number of rotatable bonds is 5. The van der Waals surface area contributed by atoms with Crippen molar-refractivity contribution in [3.63, 3.8) is 0 Å². The zero-order valence-corrected chi connectivity index (χ0v) is 15.6. The van der Waals surface area contributed by atoms with E-state index in [2.05, 4.69) is 9.97 Å². The quantitative estimate of drug-likeness (QED) is 0.683. The van der Waals surface area contributed by atoms with E-state index in [1.165, 1.54) is 10.6 Å².